The Morgan fingerprint density at radius 1 is 0.926 bits per heavy atom. The Morgan fingerprint density at radius 2 is 1.74 bits per heavy atom. The second-order valence-corrected chi connectivity index (χ2v) is 9.27. The molecule has 0 radical (unpaired) electrons. The first-order valence-corrected chi connectivity index (χ1v) is 10.5. The van der Waals surface area contributed by atoms with Gasteiger partial charge in [0.2, 0.25) is 0 Å². The van der Waals surface area contributed by atoms with E-state index < -0.39 is 0 Å². The molecule has 0 spiro atoms. The van der Waals surface area contributed by atoms with Crippen LogP contribution in [0.1, 0.15) is 41.8 Å². The molecule has 0 fully saturated rings. The summed E-state index contributed by atoms with van der Waals surface area (Å²) >= 11 is 2.00. The summed E-state index contributed by atoms with van der Waals surface area (Å²) in [7, 11) is 0. The Morgan fingerprint density at radius 3 is 2.56 bits per heavy atom. The van der Waals surface area contributed by atoms with Crippen molar-refractivity contribution in [2.24, 2.45) is 0 Å². The molecule has 1 aromatic heterocycles. The molecule has 5 rings (SSSR count). The highest BCUT2D eigenvalue weighted by Crippen LogP contribution is 2.55. The van der Waals surface area contributed by atoms with Gasteiger partial charge in [-0.3, -0.25) is 0 Å². The predicted octanol–water partition coefficient (Wildman–Crippen LogP) is 7.75. The van der Waals surface area contributed by atoms with Crippen LogP contribution in [0.25, 0.3) is 26.8 Å². The number of rotatable bonds is 1. The fourth-order valence-electron chi connectivity index (χ4n) is 4.86. The van der Waals surface area contributed by atoms with Crippen LogP contribution in [0.2, 0.25) is 0 Å². The summed E-state index contributed by atoms with van der Waals surface area (Å²) in [5.41, 5.74) is 10.1. The SMILES string of the molecule is Cc1ccccc1-c1ccc2c3c(sc2c1C)C1=C(C=CC=CC1)C3(C)C. The molecule has 0 saturated carbocycles. The summed E-state index contributed by atoms with van der Waals surface area (Å²) in [4.78, 5) is 1.51. The van der Waals surface area contributed by atoms with E-state index in [1.807, 2.05) is 11.3 Å². The third-order valence-corrected chi connectivity index (χ3v) is 7.66. The molecular weight excluding hydrogens is 344 g/mol. The Kier molecular flexibility index (Phi) is 3.61. The van der Waals surface area contributed by atoms with Crippen LogP contribution in [0, 0.1) is 13.8 Å². The smallest absolute Gasteiger partial charge is 0.0387 e. The molecule has 0 saturated heterocycles. The minimum atomic E-state index is 0.0715. The number of thiophene rings is 1. The van der Waals surface area contributed by atoms with E-state index in [-0.39, 0.29) is 5.41 Å². The molecular formula is C26H24S. The summed E-state index contributed by atoms with van der Waals surface area (Å²) in [6.07, 6.45) is 10.0. The fourth-order valence-corrected chi connectivity index (χ4v) is 6.39. The molecule has 0 atom stereocenters. The van der Waals surface area contributed by atoms with Crippen LogP contribution in [-0.4, -0.2) is 0 Å². The summed E-state index contributed by atoms with van der Waals surface area (Å²) in [6.45, 7) is 9.28. The van der Waals surface area contributed by atoms with Crippen molar-refractivity contribution in [2.45, 2.75) is 39.5 Å². The van der Waals surface area contributed by atoms with Crippen LogP contribution in [0.3, 0.4) is 0 Å². The number of aryl methyl sites for hydroxylation is 2. The lowest BCUT2D eigenvalue weighted by Gasteiger charge is -2.23. The Bertz CT molecular complexity index is 1180. The summed E-state index contributed by atoms with van der Waals surface area (Å²) < 4.78 is 1.46. The van der Waals surface area contributed by atoms with Crippen molar-refractivity contribution in [1.29, 1.82) is 0 Å². The first kappa shape index (κ1) is 16.8. The number of allylic oxidation sites excluding steroid dienone is 6. The Hall–Kier alpha value is -2.38. The third-order valence-electron chi connectivity index (χ3n) is 6.27. The van der Waals surface area contributed by atoms with Crippen LogP contribution in [-0.2, 0) is 5.41 Å². The quantitative estimate of drug-likeness (QED) is 0.412. The van der Waals surface area contributed by atoms with Gasteiger partial charge in [-0.05, 0) is 64.6 Å². The average Bonchev–Trinajstić information content (AvgIpc) is 2.98. The van der Waals surface area contributed by atoms with Crippen LogP contribution >= 0.6 is 11.3 Å². The average molecular weight is 369 g/mol. The summed E-state index contributed by atoms with van der Waals surface area (Å²) in [6, 6.07) is 13.4. The lowest BCUT2D eigenvalue weighted by atomic mass is 9.80. The fraction of sp³-hybridized carbons (Fsp3) is 0.231. The predicted molar refractivity (Wildman–Crippen MR) is 120 cm³/mol. The molecule has 0 aliphatic heterocycles. The Labute approximate surface area is 165 Å². The zero-order valence-electron chi connectivity index (χ0n) is 16.4. The topological polar surface area (TPSA) is 0 Å². The molecule has 3 aromatic rings. The number of hydrogen-bond donors (Lipinski definition) is 0. The number of benzene rings is 2. The molecule has 1 heteroatoms. The molecule has 2 aliphatic carbocycles. The molecule has 0 amide bonds. The van der Waals surface area contributed by atoms with E-state index in [0.717, 1.165) is 6.42 Å². The zero-order chi connectivity index (χ0) is 18.8. The van der Waals surface area contributed by atoms with Crippen LogP contribution < -0.4 is 0 Å². The van der Waals surface area contributed by atoms with Crippen molar-refractivity contribution in [1.82, 2.24) is 0 Å². The van der Waals surface area contributed by atoms with Crippen molar-refractivity contribution in [3.8, 4) is 11.1 Å². The highest BCUT2D eigenvalue weighted by Gasteiger charge is 2.39. The first-order chi connectivity index (χ1) is 13.0. The maximum atomic E-state index is 2.39. The minimum absolute atomic E-state index is 0.0715. The lowest BCUT2D eigenvalue weighted by Crippen LogP contribution is -2.16. The van der Waals surface area contributed by atoms with Gasteiger partial charge in [0.15, 0.2) is 0 Å². The largest absolute Gasteiger partial charge is 0.135 e. The number of hydrogen-bond acceptors (Lipinski definition) is 1. The van der Waals surface area contributed by atoms with E-state index in [2.05, 4.69) is 88.4 Å². The normalized spacial score (nSPS) is 17.3. The monoisotopic (exact) mass is 368 g/mol. The zero-order valence-corrected chi connectivity index (χ0v) is 17.2. The van der Waals surface area contributed by atoms with Gasteiger partial charge < -0.3 is 0 Å². The second-order valence-electron chi connectivity index (χ2n) is 8.24. The van der Waals surface area contributed by atoms with E-state index >= 15 is 0 Å². The highest BCUT2D eigenvalue weighted by molar-refractivity contribution is 7.20. The second kappa shape index (κ2) is 5.81. The maximum absolute atomic E-state index is 2.39. The molecule has 0 N–H and O–H groups in total. The van der Waals surface area contributed by atoms with Gasteiger partial charge in [0.1, 0.15) is 0 Å². The van der Waals surface area contributed by atoms with Gasteiger partial charge in [0.05, 0.1) is 0 Å². The van der Waals surface area contributed by atoms with Gasteiger partial charge in [-0.25, -0.2) is 0 Å². The van der Waals surface area contributed by atoms with Crippen molar-refractivity contribution >= 4 is 27.0 Å². The molecule has 2 aliphatic rings. The third kappa shape index (κ3) is 2.28. The molecule has 0 bridgehead atoms. The van der Waals surface area contributed by atoms with Gasteiger partial charge >= 0.3 is 0 Å². The summed E-state index contributed by atoms with van der Waals surface area (Å²) in [5.74, 6) is 0. The standard InChI is InChI=1S/C26H24S/c1-16-10-8-9-11-18(16)19-14-15-21-23-25(27-24(21)17(19)2)20-12-6-5-7-13-22(20)26(23,3)4/h5-11,13-15H,12H2,1-4H3. The van der Waals surface area contributed by atoms with E-state index in [4.69, 9.17) is 0 Å². The van der Waals surface area contributed by atoms with Crippen molar-refractivity contribution in [3.05, 3.63) is 87.8 Å². The minimum Gasteiger partial charge on any atom is -0.135 e. The molecule has 1 heterocycles. The maximum Gasteiger partial charge on any atom is 0.0387 e. The van der Waals surface area contributed by atoms with Gasteiger partial charge in [-0.1, -0.05) is 74.5 Å². The van der Waals surface area contributed by atoms with E-state index in [1.165, 1.54) is 53.9 Å². The van der Waals surface area contributed by atoms with Crippen LogP contribution in [0.15, 0.2) is 66.3 Å². The van der Waals surface area contributed by atoms with Crippen molar-refractivity contribution < 1.29 is 0 Å². The first-order valence-electron chi connectivity index (χ1n) is 9.70. The molecule has 27 heavy (non-hydrogen) atoms. The highest BCUT2D eigenvalue weighted by atomic mass is 32.1. The van der Waals surface area contributed by atoms with Gasteiger partial charge in [-0.15, -0.1) is 11.3 Å². The van der Waals surface area contributed by atoms with E-state index in [1.54, 1.807) is 0 Å². The lowest BCUT2D eigenvalue weighted by molar-refractivity contribution is 0.661. The molecule has 0 nitrogen and oxygen atoms in total. The number of fused-ring (bicyclic) bond motifs is 4. The summed E-state index contributed by atoms with van der Waals surface area (Å²) in [5, 5.41) is 1.44. The van der Waals surface area contributed by atoms with E-state index in [9.17, 15) is 0 Å². The van der Waals surface area contributed by atoms with Gasteiger partial charge in [-0.2, -0.15) is 0 Å². The van der Waals surface area contributed by atoms with Crippen LogP contribution in [0.5, 0.6) is 0 Å². The van der Waals surface area contributed by atoms with Gasteiger partial charge in [0, 0.05) is 15.0 Å². The molecule has 0 unspecified atom stereocenters. The van der Waals surface area contributed by atoms with E-state index in [0.29, 0.717) is 0 Å². The van der Waals surface area contributed by atoms with Crippen molar-refractivity contribution in [2.75, 3.05) is 0 Å². The van der Waals surface area contributed by atoms with Crippen molar-refractivity contribution in [3.63, 3.8) is 0 Å². The van der Waals surface area contributed by atoms with Crippen LogP contribution in [0.4, 0.5) is 0 Å². The molecule has 2 aromatic carbocycles. The van der Waals surface area contributed by atoms with Gasteiger partial charge in [0.25, 0.3) is 0 Å². The Balaban J connectivity index is 1.79. The molecule has 134 valence electrons.